The van der Waals surface area contributed by atoms with Crippen molar-refractivity contribution < 1.29 is 4.79 Å². The van der Waals surface area contributed by atoms with Crippen LogP contribution in [-0.4, -0.2) is 25.0 Å². The maximum atomic E-state index is 12.4. The third kappa shape index (κ3) is 2.62. The molecule has 3 aromatic rings. The van der Waals surface area contributed by atoms with Crippen LogP contribution in [0.1, 0.15) is 29.3 Å². The van der Waals surface area contributed by atoms with E-state index in [4.69, 9.17) is 0 Å². The lowest BCUT2D eigenvalue weighted by Crippen LogP contribution is -2.41. The third-order valence-corrected chi connectivity index (χ3v) is 3.92. The van der Waals surface area contributed by atoms with Crippen LogP contribution >= 0.6 is 0 Å². The summed E-state index contributed by atoms with van der Waals surface area (Å²) < 4.78 is 2.08. The molecule has 2 N–H and O–H groups in total. The number of fused-ring (bicyclic) bond motifs is 1. The Morgan fingerprint density at radius 1 is 1.21 bits per heavy atom. The van der Waals surface area contributed by atoms with Crippen LogP contribution in [0.5, 0.6) is 0 Å². The zero-order valence-corrected chi connectivity index (χ0v) is 13.5. The number of aromatic amines is 1. The predicted molar refractivity (Wildman–Crippen MR) is 88.9 cm³/mol. The van der Waals surface area contributed by atoms with Gasteiger partial charge in [-0.1, -0.05) is 12.1 Å². The van der Waals surface area contributed by atoms with E-state index in [1.165, 1.54) is 14.1 Å². The number of imidazole rings is 1. The number of para-hydroxylation sites is 2. The molecular formula is C16H17N5O3. The first-order valence-electron chi connectivity index (χ1n) is 7.41. The van der Waals surface area contributed by atoms with Crippen molar-refractivity contribution in [1.29, 1.82) is 0 Å². The van der Waals surface area contributed by atoms with Crippen molar-refractivity contribution >= 4 is 16.9 Å². The van der Waals surface area contributed by atoms with Crippen molar-refractivity contribution in [2.45, 2.75) is 13.0 Å². The second kappa shape index (κ2) is 5.80. The normalized spacial score (nSPS) is 12.3. The van der Waals surface area contributed by atoms with Crippen molar-refractivity contribution in [3.63, 3.8) is 0 Å². The fourth-order valence-corrected chi connectivity index (χ4v) is 2.47. The quantitative estimate of drug-likeness (QED) is 0.729. The average Bonchev–Trinajstić information content (AvgIpc) is 3.00. The van der Waals surface area contributed by atoms with Gasteiger partial charge >= 0.3 is 5.69 Å². The Bertz CT molecular complexity index is 1010. The van der Waals surface area contributed by atoms with Gasteiger partial charge in [0.1, 0.15) is 11.5 Å². The minimum Gasteiger partial charge on any atom is -0.341 e. The zero-order chi connectivity index (χ0) is 17.4. The molecule has 0 spiro atoms. The summed E-state index contributed by atoms with van der Waals surface area (Å²) in [5.74, 6) is 0.0821. The molecule has 8 heteroatoms. The maximum absolute atomic E-state index is 12.4. The van der Waals surface area contributed by atoms with Gasteiger partial charge in [0, 0.05) is 20.2 Å². The van der Waals surface area contributed by atoms with E-state index in [9.17, 15) is 14.4 Å². The first kappa shape index (κ1) is 15.7. The standard InChI is InChI=1S/C16H17N5O3/c1-9(14-18-10-6-4-5-7-11(10)19-14)17-15(23)12-8-13(22)21(3)16(24)20(12)2/h4-9H,1-3H3,(H,17,23)(H,18,19)/t9-/m0/s1. The van der Waals surface area contributed by atoms with Crippen molar-refractivity contribution in [1.82, 2.24) is 24.4 Å². The largest absolute Gasteiger partial charge is 0.341 e. The highest BCUT2D eigenvalue weighted by Gasteiger charge is 2.18. The van der Waals surface area contributed by atoms with Gasteiger partial charge in [-0.25, -0.2) is 9.78 Å². The van der Waals surface area contributed by atoms with Gasteiger partial charge in [0.15, 0.2) is 0 Å². The lowest BCUT2D eigenvalue weighted by atomic mass is 10.3. The molecule has 2 aromatic heterocycles. The zero-order valence-electron chi connectivity index (χ0n) is 13.5. The summed E-state index contributed by atoms with van der Waals surface area (Å²) in [6.07, 6.45) is 0. The molecule has 0 fully saturated rings. The Kier molecular flexibility index (Phi) is 3.80. The molecule has 124 valence electrons. The summed E-state index contributed by atoms with van der Waals surface area (Å²) in [7, 11) is 2.81. The summed E-state index contributed by atoms with van der Waals surface area (Å²) in [4.78, 5) is 43.6. The Morgan fingerprint density at radius 2 is 1.92 bits per heavy atom. The number of nitrogens with zero attached hydrogens (tertiary/aromatic N) is 3. The van der Waals surface area contributed by atoms with E-state index in [1.54, 1.807) is 6.92 Å². The van der Waals surface area contributed by atoms with Gasteiger partial charge in [-0.05, 0) is 19.1 Å². The molecule has 2 heterocycles. The van der Waals surface area contributed by atoms with Crippen molar-refractivity contribution in [3.8, 4) is 0 Å². The van der Waals surface area contributed by atoms with Crippen LogP contribution in [0.25, 0.3) is 11.0 Å². The Labute approximate surface area is 136 Å². The smallest absolute Gasteiger partial charge is 0.331 e. The summed E-state index contributed by atoms with van der Waals surface area (Å²) in [5, 5.41) is 2.75. The molecule has 0 aliphatic carbocycles. The molecule has 0 saturated heterocycles. The Balaban J connectivity index is 1.89. The lowest BCUT2D eigenvalue weighted by Gasteiger charge is -2.13. The minimum atomic E-state index is -0.552. The lowest BCUT2D eigenvalue weighted by molar-refractivity contribution is 0.0928. The van der Waals surface area contributed by atoms with E-state index in [-0.39, 0.29) is 5.69 Å². The molecule has 0 unspecified atom stereocenters. The third-order valence-electron chi connectivity index (χ3n) is 3.92. The van der Waals surface area contributed by atoms with E-state index >= 15 is 0 Å². The van der Waals surface area contributed by atoms with E-state index < -0.39 is 23.2 Å². The molecule has 8 nitrogen and oxygen atoms in total. The van der Waals surface area contributed by atoms with E-state index in [0.29, 0.717) is 5.82 Å². The van der Waals surface area contributed by atoms with E-state index in [1.807, 2.05) is 24.3 Å². The monoisotopic (exact) mass is 327 g/mol. The van der Waals surface area contributed by atoms with Gasteiger partial charge in [-0.3, -0.25) is 18.7 Å². The molecular weight excluding hydrogens is 310 g/mol. The first-order valence-corrected chi connectivity index (χ1v) is 7.41. The van der Waals surface area contributed by atoms with E-state index in [0.717, 1.165) is 26.2 Å². The van der Waals surface area contributed by atoms with Crippen LogP contribution in [0.3, 0.4) is 0 Å². The van der Waals surface area contributed by atoms with Crippen LogP contribution in [0.15, 0.2) is 39.9 Å². The summed E-state index contributed by atoms with van der Waals surface area (Å²) >= 11 is 0. The molecule has 0 bridgehead atoms. The second-order valence-electron chi connectivity index (χ2n) is 5.60. The number of aromatic nitrogens is 4. The van der Waals surface area contributed by atoms with Crippen LogP contribution in [0.2, 0.25) is 0 Å². The van der Waals surface area contributed by atoms with Crippen LogP contribution in [-0.2, 0) is 14.1 Å². The van der Waals surface area contributed by atoms with Gasteiger partial charge in [0.25, 0.3) is 11.5 Å². The number of hydrogen-bond donors (Lipinski definition) is 2. The first-order chi connectivity index (χ1) is 11.4. The van der Waals surface area contributed by atoms with Crippen LogP contribution < -0.4 is 16.6 Å². The molecule has 0 aliphatic heterocycles. The predicted octanol–water partition coefficient (Wildman–Crippen LogP) is 0.451. The molecule has 1 aromatic carbocycles. The fourth-order valence-electron chi connectivity index (χ4n) is 2.47. The highest BCUT2D eigenvalue weighted by atomic mass is 16.2. The molecule has 0 aliphatic rings. The van der Waals surface area contributed by atoms with Gasteiger partial charge < -0.3 is 10.3 Å². The number of rotatable bonds is 3. The minimum absolute atomic E-state index is 0.00561. The summed E-state index contributed by atoms with van der Waals surface area (Å²) in [6.45, 7) is 1.77. The second-order valence-corrected chi connectivity index (χ2v) is 5.60. The summed E-state index contributed by atoms with van der Waals surface area (Å²) in [5.41, 5.74) is 0.596. The Hall–Kier alpha value is -3.16. The van der Waals surface area contributed by atoms with Crippen molar-refractivity contribution in [2.75, 3.05) is 0 Å². The molecule has 3 rings (SSSR count). The molecule has 1 atom stereocenters. The number of amides is 1. The number of carbonyl (C=O) groups is 1. The van der Waals surface area contributed by atoms with Crippen molar-refractivity contribution in [3.05, 3.63) is 62.7 Å². The Morgan fingerprint density at radius 3 is 2.62 bits per heavy atom. The number of carbonyl (C=O) groups excluding carboxylic acids is 1. The van der Waals surface area contributed by atoms with Crippen LogP contribution in [0, 0.1) is 0 Å². The summed E-state index contributed by atoms with van der Waals surface area (Å²) in [6, 6.07) is 8.26. The molecule has 0 saturated carbocycles. The average molecular weight is 327 g/mol. The highest BCUT2D eigenvalue weighted by Crippen LogP contribution is 2.15. The highest BCUT2D eigenvalue weighted by molar-refractivity contribution is 5.92. The topological polar surface area (TPSA) is 102 Å². The molecule has 0 radical (unpaired) electrons. The van der Waals surface area contributed by atoms with Crippen LogP contribution in [0.4, 0.5) is 0 Å². The maximum Gasteiger partial charge on any atom is 0.331 e. The van der Waals surface area contributed by atoms with E-state index in [2.05, 4.69) is 15.3 Å². The van der Waals surface area contributed by atoms with Gasteiger partial charge in [-0.2, -0.15) is 0 Å². The molecule has 24 heavy (non-hydrogen) atoms. The van der Waals surface area contributed by atoms with Gasteiger partial charge in [0.2, 0.25) is 0 Å². The van der Waals surface area contributed by atoms with Gasteiger partial charge in [0.05, 0.1) is 17.1 Å². The number of nitrogens with one attached hydrogen (secondary N) is 2. The SMILES string of the molecule is C[C@H](NC(=O)c1cc(=O)n(C)c(=O)n1C)c1nc2ccccc2[nH]1. The number of hydrogen-bond acceptors (Lipinski definition) is 4. The van der Waals surface area contributed by atoms with Gasteiger partial charge in [-0.15, -0.1) is 0 Å². The fraction of sp³-hybridized carbons (Fsp3) is 0.250. The number of benzene rings is 1. The van der Waals surface area contributed by atoms with Crippen molar-refractivity contribution in [2.24, 2.45) is 14.1 Å². The number of H-pyrrole nitrogens is 1. The molecule has 1 amide bonds.